The van der Waals surface area contributed by atoms with Crippen LogP contribution in [-0.4, -0.2) is 87.6 Å². The summed E-state index contributed by atoms with van der Waals surface area (Å²) in [5.74, 6) is 0.144. The van der Waals surface area contributed by atoms with Gasteiger partial charge in [0.2, 0.25) is 5.91 Å². The Morgan fingerprint density at radius 1 is 1.21 bits per heavy atom. The van der Waals surface area contributed by atoms with Crippen LogP contribution in [0.5, 0.6) is 5.75 Å². The van der Waals surface area contributed by atoms with Crippen molar-refractivity contribution in [1.29, 1.82) is 0 Å². The summed E-state index contributed by atoms with van der Waals surface area (Å²) in [5, 5.41) is 12.5. The van der Waals surface area contributed by atoms with Crippen LogP contribution in [0.3, 0.4) is 0 Å². The minimum Gasteiger partial charge on any atom is -0.494 e. The Morgan fingerprint density at radius 3 is 2.79 bits per heavy atom. The molecule has 2 N–H and O–H groups in total. The number of anilines is 2. The smallest absolute Gasteiger partial charge is 0.491 e. The summed E-state index contributed by atoms with van der Waals surface area (Å²) < 4.78 is 31.4. The molecule has 0 bridgehead atoms. The number of nitrogens with zero attached hydrogens (tertiary/aromatic N) is 3. The van der Waals surface area contributed by atoms with Gasteiger partial charge in [-0.25, -0.2) is 9.18 Å². The summed E-state index contributed by atoms with van der Waals surface area (Å²) in [6, 6.07) is 10.5. The van der Waals surface area contributed by atoms with E-state index in [4.69, 9.17) is 14.1 Å². The van der Waals surface area contributed by atoms with Crippen molar-refractivity contribution in [1.82, 2.24) is 10.2 Å². The summed E-state index contributed by atoms with van der Waals surface area (Å²) >= 11 is 0. The fraction of sp³-hybridized carbons (Fsp3) is 0.462. The first kappa shape index (κ1) is 26.3. The summed E-state index contributed by atoms with van der Waals surface area (Å²) in [6.07, 6.45) is -0.162. The van der Waals surface area contributed by atoms with Gasteiger partial charge in [0.1, 0.15) is 17.7 Å². The van der Waals surface area contributed by atoms with Crippen LogP contribution >= 0.6 is 0 Å². The molecule has 3 heterocycles. The molecule has 5 rings (SSSR count). The number of piperazine rings is 1. The van der Waals surface area contributed by atoms with E-state index in [2.05, 4.69) is 10.2 Å². The lowest BCUT2D eigenvalue weighted by Crippen LogP contribution is -2.47. The lowest BCUT2D eigenvalue weighted by Gasteiger charge is -2.36. The van der Waals surface area contributed by atoms with Crippen LogP contribution in [-0.2, 0) is 20.8 Å². The quantitative estimate of drug-likeness (QED) is 0.370. The number of hydrogen-bond acceptors (Lipinski definition) is 8. The highest BCUT2D eigenvalue weighted by molar-refractivity contribution is 6.61. The maximum Gasteiger partial charge on any atom is 0.491 e. The SMILES string of the molecule is CC(=O)NCC1CN(c2ccc(N3CCN(CCCOc4ccc5c(c4)B(O)OC5)CC3)c(F)c2)C(=O)O1. The van der Waals surface area contributed by atoms with Crippen molar-refractivity contribution < 1.29 is 33.1 Å². The minimum absolute atomic E-state index is 0.199. The zero-order chi connectivity index (χ0) is 26.6. The predicted molar refractivity (Wildman–Crippen MR) is 140 cm³/mol. The van der Waals surface area contributed by atoms with E-state index in [9.17, 15) is 14.6 Å². The highest BCUT2D eigenvalue weighted by atomic mass is 19.1. The number of fused-ring (bicyclic) bond motifs is 1. The third-order valence-corrected chi connectivity index (χ3v) is 7.08. The minimum atomic E-state index is -0.879. The Kier molecular flexibility index (Phi) is 8.01. The summed E-state index contributed by atoms with van der Waals surface area (Å²) in [6.45, 7) is 6.77. The molecule has 12 heteroatoms. The Hall–Kier alpha value is -3.35. The summed E-state index contributed by atoms with van der Waals surface area (Å²) in [5.41, 5.74) is 2.71. The summed E-state index contributed by atoms with van der Waals surface area (Å²) in [7, 11) is -0.879. The molecule has 2 aromatic rings. The zero-order valence-electron chi connectivity index (χ0n) is 21.4. The lowest BCUT2D eigenvalue weighted by molar-refractivity contribution is -0.119. The first-order chi connectivity index (χ1) is 18.4. The van der Waals surface area contributed by atoms with Crippen molar-refractivity contribution in [3.63, 3.8) is 0 Å². The highest BCUT2D eigenvalue weighted by Gasteiger charge is 2.33. The van der Waals surface area contributed by atoms with Crippen LogP contribution in [0.1, 0.15) is 18.9 Å². The molecule has 0 saturated carbocycles. The van der Waals surface area contributed by atoms with Crippen LogP contribution in [0, 0.1) is 5.82 Å². The van der Waals surface area contributed by atoms with E-state index in [0.717, 1.165) is 42.8 Å². The molecule has 3 aliphatic heterocycles. The molecular formula is C26H32BFN4O6. The van der Waals surface area contributed by atoms with Crippen molar-refractivity contribution in [2.45, 2.75) is 26.1 Å². The number of carbonyl (C=O) groups is 2. The lowest BCUT2D eigenvalue weighted by atomic mass is 9.79. The number of nitrogens with one attached hydrogen (secondary N) is 1. The Bertz CT molecular complexity index is 1180. The second-order valence-corrected chi connectivity index (χ2v) is 9.74. The highest BCUT2D eigenvalue weighted by Crippen LogP contribution is 2.28. The van der Waals surface area contributed by atoms with Gasteiger partial charge in [0.15, 0.2) is 0 Å². The Morgan fingerprint density at radius 2 is 2.03 bits per heavy atom. The van der Waals surface area contributed by atoms with E-state index in [1.165, 1.54) is 17.9 Å². The molecule has 3 aliphatic rings. The predicted octanol–water partition coefficient (Wildman–Crippen LogP) is 1.10. The molecule has 1 atom stereocenters. The second kappa shape index (κ2) is 11.6. The maximum atomic E-state index is 15.0. The van der Waals surface area contributed by atoms with Crippen LogP contribution in [0.15, 0.2) is 36.4 Å². The number of halogens is 1. The van der Waals surface area contributed by atoms with Gasteiger partial charge in [-0.05, 0) is 47.8 Å². The van der Waals surface area contributed by atoms with E-state index in [1.54, 1.807) is 12.1 Å². The number of benzene rings is 2. The van der Waals surface area contributed by atoms with E-state index in [1.807, 2.05) is 23.1 Å². The fourth-order valence-electron chi connectivity index (χ4n) is 4.99. The second-order valence-electron chi connectivity index (χ2n) is 9.74. The Labute approximate surface area is 221 Å². The molecule has 0 spiro atoms. The van der Waals surface area contributed by atoms with Gasteiger partial charge in [-0.15, -0.1) is 0 Å². The van der Waals surface area contributed by atoms with Gasteiger partial charge in [0.25, 0.3) is 0 Å². The number of ether oxygens (including phenoxy) is 2. The maximum absolute atomic E-state index is 15.0. The van der Waals surface area contributed by atoms with Crippen LogP contribution < -0.4 is 25.3 Å². The van der Waals surface area contributed by atoms with Crippen molar-refractivity contribution >= 4 is 36.0 Å². The molecular weight excluding hydrogens is 494 g/mol. The van der Waals surface area contributed by atoms with Gasteiger partial charge in [0, 0.05) is 39.6 Å². The fourth-order valence-corrected chi connectivity index (χ4v) is 4.99. The topological polar surface area (TPSA) is 104 Å². The number of rotatable bonds is 9. The van der Waals surface area contributed by atoms with Crippen molar-refractivity contribution in [2.24, 2.45) is 0 Å². The number of carbonyl (C=O) groups excluding carboxylic acids is 2. The standard InChI is InChI=1S/C26H32BFN4O6/c1-18(33)29-15-22-16-32(26(34)38-22)20-4-6-25(24(28)13-20)31-10-8-30(9-11-31)7-2-12-36-21-5-3-19-17-37-27(35)23(19)14-21/h3-6,13-14,22,35H,2,7-12,15-17H2,1H3,(H,29,33). The van der Waals surface area contributed by atoms with Gasteiger partial charge in [-0.1, -0.05) is 6.07 Å². The molecule has 0 aliphatic carbocycles. The number of hydrogen-bond donors (Lipinski definition) is 2. The van der Waals surface area contributed by atoms with Crippen molar-refractivity contribution in [3.05, 3.63) is 47.8 Å². The van der Waals surface area contributed by atoms with E-state index in [0.29, 0.717) is 37.7 Å². The average molecular weight is 526 g/mol. The molecule has 2 fully saturated rings. The van der Waals surface area contributed by atoms with E-state index < -0.39 is 19.3 Å². The zero-order valence-corrected chi connectivity index (χ0v) is 21.4. The monoisotopic (exact) mass is 526 g/mol. The van der Waals surface area contributed by atoms with Crippen LogP contribution in [0.2, 0.25) is 0 Å². The number of amides is 2. The molecule has 2 amide bonds. The van der Waals surface area contributed by atoms with E-state index in [-0.39, 0.29) is 24.8 Å². The van der Waals surface area contributed by atoms with Gasteiger partial charge in [0.05, 0.1) is 37.7 Å². The van der Waals surface area contributed by atoms with Crippen LogP contribution in [0.25, 0.3) is 0 Å². The third kappa shape index (κ3) is 6.03. The first-order valence-corrected chi connectivity index (χ1v) is 12.9. The average Bonchev–Trinajstić information content (AvgIpc) is 3.47. The summed E-state index contributed by atoms with van der Waals surface area (Å²) in [4.78, 5) is 29.1. The van der Waals surface area contributed by atoms with Gasteiger partial charge >= 0.3 is 13.2 Å². The Balaban J connectivity index is 1.06. The molecule has 2 saturated heterocycles. The normalized spacial score (nSPS) is 19.5. The molecule has 202 valence electrons. The molecule has 2 aromatic carbocycles. The molecule has 1 unspecified atom stereocenters. The molecule has 10 nitrogen and oxygen atoms in total. The number of cyclic esters (lactones) is 1. The third-order valence-electron chi connectivity index (χ3n) is 7.08. The van der Waals surface area contributed by atoms with Crippen molar-refractivity contribution in [3.8, 4) is 5.75 Å². The van der Waals surface area contributed by atoms with Gasteiger partial charge in [-0.2, -0.15) is 0 Å². The van der Waals surface area contributed by atoms with E-state index >= 15 is 4.39 Å². The van der Waals surface area contributed by atoms with Gasteiger partial charge < -0.3 is 29.4 Å². The van der Waals surface area contributed by atoms with Gasteiger partial charge in [-0.3, -0.25) is 14.6 Å². The largest absolute Gasteiger partial charge is 0.494 e. The molecule has 38 heavy (non-hydrogen) atoms. The van der Waals surface area contributed by atoms with Crippen molar-refractivity contribution in [2.75, 3.05) is 62.2 Å². The molecule has 0 radical (unpaired) electrons. The van der Waals surface area contributed by atoms with Crippen LogP contribution in [0.4, 0.5) is 20.6 Å². The first-order valence-electron chi connectivity index (χ1n) is 12.9. The molecule has 0 aromatic heterocycles.